The van der Waals surface area contributed by atoms with Gasteiger partial charge < -0.3 is 5.32 Å². The zero-order chi connectivity index (χ0) is 11.7. The Kier molecular flexibility index (Phi) is 3.61. The van der Waals surface area contributed by atoms with Gasteiger partial charge in [-0.25, -0.2) is 4.98 Å². The predicted octanol–water partition coefficient (Wildman–Crippen LogP) is 3.79. The zero-order valence-corrected chi connectivity index (χ0v) is 12.5. The Balaban J connectivity index is 1.73. The van der Waals surface area contributed by atoms with Crippen LogP contribution in [0.3, 0.4) is 0 Å². The predicted molar refractivity (Wildman–Crippen MR) is 77.8 cm³/mol. The molecule has 5 heteroatoms. The van der Waals surface area contributed by atoms with Crippen LogP contribution in [0.2, 0.25) is 0 Å². The number of hydrogen-bond acceptors (Lipinski definition) is 4. The Hall–Kier alpha value is -0.230. The molecule has 0 spiro atoms. The van der Waals surface area contributed by atoms with Gasteiger partial charge in [-0.1, -0.05) is 0 Å². The lowest BCUT2D eigenvalue weighted by Gasteiger charge is -2.03. The van der Waals surface area contributed by atoms with Crippen molar-refractivity contribution in [1.29, 1.82) is 0 Å². The van der Waals surface area contributed by atoms with Crippen LogP contribution in [0.4, 0.5) is 0 Å². The number of thiazole rings is 1. The van der Waals surface area contributed by atoms with Crippen molar-refractivity contribution in [2.45, 2.75) is 12.8 Å². The van der Waals surface area contributed by atoms with Crippen LogP contribution in [0.5, 0.6) is 0 Å². The normalized spacial score (nSPS) is 19.9. The first-order chi connectivity index (χ1) is 8.31. The Morgan fingerprint density at radius 1 is 1.41 bits per heavy atom. The van der Waals surface area contributed by atoms with E-state index in [-0.39, 0.29) is 0 Å². The van der Waals surface area contributed by atoms with Gasteiger partial charge >= 0.3 is 0 Å². The summed E-state index contributed by atoms with van der Waals surface area (Å²) in [6.07, 6.45) is 2.41. The van der Waals surface area contributed by atoms with E-state index in [4.69, 9.17) is 4.98 Å². The Labute approximate surface area is 117 Å². The van der Waals surface area contributed by atoms with E-state index in [1.165, 1.54) is 23.5 Å². The minimum Gasteiger partial charge on any atom is -0.316 e. The van der Waals surface area contributed by atoms with E-state index < -0.39 is 0 Å². The summed E-state index contributed by atoms with van der Waals surface area (Å²) in [6, 6.07) is 2.14. The van der Waals surface area contributed by atoms with E-state index >= 15 is 0 Å². The average Bonchev–Trinajstić information content (AvgIpc) is 2.99. The largest absolute Gasteiger partial charge is 0.316 e. The smallest absolute Gasteiger partial charge is 0.133 e. The molecule has 1 aliphatic rings. The number of halogens is 1. The number of nitrogens with zero attached hydrogens (tertiary/aromatic N) is 1. The van der Waals surface area contributed by atoms with Gasteiger partial charge in [0.15, 0.2) is 0 Å². The molecule has 0 bridgehead atoms. The molecule has 2 aromatic rings. The van der Waals surface area contributed by atoms with E-state index in [1.54, 1.807) is 22.7 Å². The first-order valence-corrected chi connectivity index (χ1v) is 8.26. The highest BCUT2D eigenvalue weighted by Crippen LogP contribution is 2.32. The summed E-state index contributed by atoms with van der Waals surface area (Å²) >= 11 is 6.99. The molecule has 1 N–H and O–H groups in total. The molecule has 1 unspecified atom stereocenters. The Morgan fingerprint density at radius 2 is 2.35 bits per heavy atom. The molecule has 2 aromatic heterocycles. The molecule has 3 rings (SSSR count). The van der Waals surface area contributed by atoms with Crippen molar-refractivity contribution in [1.82, 2.24) is 10.3 Å². The van der Waals surface area contributed by atoms with Crippen molar-refractivity contribution in [3.63, 3.8) is 0 Å². The molecule has 3 heterocycles. The van der Waals surface area contributed by atoms with Gasteiger partial charge in [0, 0.05) is 15.2 Å². The highest BCUT2D eigenvalue weighted by molar-refractivity contribution is 9.10. The van der Waals surface area contributed by atoms with Gasteiger partial charge in [0.05, 0.1) is 10.6 Å². The quantitative estimate of drug-likeness (QED) is 0.927. The van der Waals surface area contributed by atoms with Gasteiger partial charge in [-0.15, -0.1) is 22.7 Å². The van der Waals surface area contributed by atoms with E-state index in [9.17, 15) is 0 Å². The van der Waals surface area contributed by atoms with Crippen LogP contribution >= 0.6 is 38.6 Å². The van der Waals surface area contributed by atoms with Crippen LogP contribution < -0.4 is 5.32 Å². The van der Waals surface area contributed by atoms with Crippen molar-refractivity contribution in [3.05, 3.63) is 27.0 Å². The van der Waals surface area contributed by atoms with Crippen molar-refractivity contribution < 1.29 is 0 Å². The van der Waals surface area contributed by atoms with Crippen LogP contribution in [0.15, 0.2) is 21.3 Å². The van der Waals surface area contributed by atoms with Crippen molar-refractivity contribution in [2.75, 3.05) is 13.1 Å². The summed E-state index contributed by atoms with van der Waals surface area (Å²) in [6.45, 7) is 2.32. The van der Waals surface area contributed by atoms with Crippen LogP contribution in [-0.4, -0.2) is 18.1 Å². The summed E-state index contributed by atoms with van der Waals surface area (Å²) < 4.78 is 1.15. The summed E-state index contributed by atoms with van der Waals surface area (Å²) in [4.78, 5) is 6.00. The van der Waals surface area contributed by atoms with E-state index in [0.29, 0.717) is 0 Å². The maximum atomic E-state index is 4.74. The molecule has 1 aliphatic heterocycles. The van der Waals surface area contributed by atoms with E-state index in [2.05, 4.69) is 38.1 Å². The van der Waals surface area contributed by atoms with Crippen LogP contribution in [0.25, 0.3) is 9.88 Å². The topological polar surface area (TPSA) is 24.9 Å². The fraction of sp³-hybridized carbons (Fsp3) is 0.417. The molecule has 0 saturated carbocycles. The second kappa shape index (κ2) is 5.18. The van der Waals surface area contributed by atoms with Crippen molar-refractivity contribution >= 4 is 38.6 Å². The molecule has 0 aliphatic carbocycles. The summed E-state index contributed by atoms with van der Waals surface area (Å²) in [5.41, 5.74) is 1.25. The summed E-state index contributed by atoms with van der Waals surface area (Å²) in [7, 11) is 0. The monoisotopic (exact) mass is 328 g/mol. The van der Waals surface area contributed by atoms with Gasteiger partial charge in [-0.2, -0.15) is 0 Å². The molecule has 90 valence electrons. The first kappa shape index (κ1) is 11.8. The minimum atomic E-state index is 0.778. The molecule has 0 radical (unpaired) electrons. The molecular formula is C12H13BrN2S2. The summed E-state index contributed by atoms with van der Waals surface area (Å²) in [5.74, 6) is 0.778. The second-order valence-corrected chi connectivity index (χ2v) is 7.02. The molecule has 1 saturated heterocycles. The van der Waals surface area contributed by atoms with Gasteiger partial charge in [0.1, 0.15) is 5.01 Å². The third-order valence-corrected chi connectivity index (χ3v) is 5.74. The lowest BCUT2D eigenvalue weighted by Crippen LogP contribution is -2.10. The lowest BCUT2D eigenvalue weighted by molar-refractivity contribution is 0.574. The average molecular weight is 329 g/mol. The highest BCUT2D eigenvalue weighted by atomic mass is 79.9. The van der Waals surface area contributed by atoms with Crippen LogP contribution in [0, 0.1) is 5.92 Å². The molecular weight excluding hydrogens is 316 g/mol. The number of thiophene rings is 1. The minimum absolute atomic E-state index is 0.778. The van der Waals surface area contributed by atoms with Gasteiger partial charge in [0.25, 0.3) is 0 Å². The fourth-order valence-electron chi connectivity index (χ4n) is 2.12. The molecule has 1 fully saturated rings. The molecule has 0 amide bonds. The Morgan fingerprint density at radius 3 is 3.06 bits per heavy atom. The second-order valence-electron chi connectivity index (χ2n) is 4.34. The molecule has 17 heavy (non-hydrogen) atoms. The van der Waals surface area contributed by atoms with Gasteiger partial charge in [-0.3, -0.25) is 0 Å². The SMILES string of the molecule is Brc1csc(-c2nc(CC3CCNC3)cs2)c1. The zero-order valence-electron chi connectivity index (χ0n) is 9.28. The van der Waals surface area contributed by atoms with Gasteiger partial charge in [-0.05, 0) is 53.8 Å². The van der Waals surface area contributed by atoms with Crippen LogP contribution in [-0.2, 0) is 6.42 Å². The molecule has 1 atom stereocenters. The maximum Gasteiger partial charge on any atom is 0.133 e. The third kappa shape index (κ3) is 2.78. The highest BCUT2D eigenvalue weighted by Gasteiger charge is 2.16. The van der Waals surface area contributed by atoms with Gasteiger partial charge in [0.2, 0.25) is 0 Å². The summed E-state index contributed by atoms with van der Waals surface area (Å²) in [5, 5.41) is 8.88. The van der Waals surface area contributed by atoms with E-state index in [0.717, 1.165) is 28.4 Å². The first-order valence-electron chi connectivity index (χ1n) is 5.71. The molecule has 2 nitrogen and oxygen atoms in total. The molecule has 0 aromatic carbocycles. The fourth-order valence-corrected chi connectivity index (χ4v) is 4.46. The third-order valence-electron chi connectivity index (χ3n) is 2.99. The standard InChI is InChI=1S/C12H13BrN2S2/c13-9-4-11(16-6-9)12-15-10(7-17-12)3-8-1-2-14-5-8/h4,6-8,14H,1-3,5H2. The number of aromatic nitrogens is 1. The van der Waals surface area contributed by atoms with Crippen LogP contribution in [0.1, 0.15) is 12.1 Å². The van der Waals surface area contributed by atoms with Crippen molar-refractivity contribution in [2.24, 2.45) is 5.92 Å². The Bertz CT molecular complexity index is 500. The number of hydrogen-bond donors (Lipinski definition) is 1. The van der Waals surface area contributed by atoms with E-state index in [1.807, 2.05) is 0 Å². The number of rotatable bonds is 3. The van der Waals surface area contributed by atoms with Crippen molar-refractivity contribution in [3.8, 4) is 9.88 Å². The lowest BCUT2D eigenvalue weighted by atomic mass is 10.0. The number of nitrogens with one attached hydrogen (secondary N) is 1. The maximum absolute atomic E-state index is 4.74.